The average molecular weight is 304 g/mol. The number of fused-ring (bicyclic) bond motifs is 1. The lowest BCUT2D eigenvalue weighted by molar-refractivity contribution is -0.130. The molecule has 0 aromatic rings. The molecule has 2 heteroatoms. The summed E-state index contributed by atoms with van der Waals surface area (Å²) in [5, 5.41) is 9.03. The van der Waals surface area contributed by atoms with Crippen molar-refractivity contribution < 1.29 is 9.90 Å². The highest BCUT2D eigenvalue weighted by Crippen LogP contribution is 2.61. The van der Waals surface area contributed by atoms with Crippen LogP contribution in [0.25, 0.3) is 0 Å². The van der Waals surface area contributed by atoms with Gasteiger partial charge < -0.3 is 9.90 Å². The predicted molar refractivity (Wildman–Crippen MR) is 91.6 cm³/mol. The van der Waals surface area contributed by atoms with Gasteiger partial charge in [-0.15, -0.1) is 0 Å². The SMILES string of the molecule is C=C1CC[C@H]2[C@@](C)(CCC[C@@]2(C)C=O)[C@@H]1CC/C(C)=C/CO. The Kier molecular flexibility index (Phi) is 5.32. The summed E-state index contributed by atoms with van der Waals surface area (Å²) in [4.78, 5) is 11.8. The number of carbonyl (C=O) groups excluding carboxylic acids is 1. The van der Waals surface area contributed by atoms with E-state index in [1.807, 2.05) is 6.08 Å². The van der Waals surface area contributed by atoms with Gasteiger partial charge in [0.1, 0.15) is 6.29 Å². The molecule has 22 heavy (non-hydrogen) atoms. The zero-order chi connectivity index (χ0) is 16.4. The Morgan fingerprint density at radius 3 is 2.77 bits per heavy atom. The van der Waals surface area contributed by atoms with Gasteiger partial charge in [0, 0.05) is 5.41 Å². The highest BCUT2D eigenvalue weighted by molar-refractivity contribution is 5.60. The summed E-state index contributed by atoms with van der Waals surface area (Å²) in [6.07, 6.45) is 10.8. The van der Waals surface area contributed by atoms with Crippen molar-refractivity contribution in [3.05, 3.63) is 23.8 Å². The minimum absolute atomic E-state index is 0.126. The van der Waals surface area contributed by atoms with Crippen LogP contribution >= 0.6 is 0 Å². The maximum atomic E-state index is 11.8. The van der Waals surface area contributed by atoms with E-state index in [0.29, 0.717) is 11.8 Å². The fourth-order valence-corrected chi connectivity index (χ4v) is 5.30. The number of allylic oxidation sites excluding steroid dienone is 2. The maximum absolute atomic E-state index is 11.8. The van der Waals surface area contributed by atoms with Crippen LogP contribution in [0.15, 0.2) is 23.8 Å². The van der Waals surface area contributed by atoms with E-state index in [0.717, 1.165) is 38.5 Å². The number of hydrogen-bond acceptors (Lipinski definition) is 2. The molecule has 0 aromatic heterocycles. The van der Waals surface area contributed by atoms with Crippen molar-refractivity contribution in [2.45, 2.75) is 65.7 Å². The van der Waals surface area contributed by atoms with Crippen LogP contribution in [0.5, 0.6) is 0 Å². The molecular weight excluding hydrogens is 272 g/mol. The lowest BCUT2D eigenvalue weighted by Crippen LogP contribution is -2.51. The molecule has 0 amide bonds. The Labute approximate surface area is 135 Å². The van der Waals surface area contributed by atoms with Crippen LogP contribution in [0, 0.1) is 22.7 Å². The van der Waals surface area contributed by atoms with E-state index in [-0.39, 0.29) is 17.4 Å². The highest BCUT2D eigenvalue weighted by atomic mass is 16.2. The van der Waals surface area contributed by atoms with Gasteiger partial charge in [0.25, 0.3) is 0 Å². The third-order valence-corrected chi connectivity index (χ3v) is 6.60. The highest BCUT2D eigenvalue weighted by Gasteiger charge is 2.54. The van der Waals surface area contributed by atoms with Crippen LogP contribution < -0.4 is 0 Å². The van der Waals surface area contributed by atoms with Crippen molar-refractivity contribution in [2.24, 2.45) is 22.7 Å². The molecule has 0 unspecified atom stereocenters. The summed E-state index contributed by atoms with van der Waals surface area (Å²) in [6.45, 7) is 11.2. The first kappa shape index (κ1) is 17.5. The van der Waals surface area contributed by atoms with Crippen LogP contribution in [0.2, 0.25) is 0 Å². The number of hydrogen-bond donors (Lipinski definition) is 1. The average Bonchev–Trinajstić information content (AvgIpc) is 2.46. The van der Waals surface area contributed by atoms with E-state index in [4.69, 9.17) is 5.11 Å². The largest absolute Gasteiger partial charge is 0.392 e. The van der Waals surface area contributed by atoms with Gasteiger partial charge in [-0.3, -0.25) is 0 Å². The summed E-state index contributed by atoms with van der Waals surface area (Å²) in [5.74, 6) is 0.997. The molecule has 0 bridgehead atoms. The second-order valence-electron chi connectivity index (χ2n) is 8.06. The van der Waals surface area contributed by atoms with Gasteiger partial charge in [-0.2, -0.15) is 0 Å². The summed E-state index contributed by atoms with van der Waals surface area (Å²) in [6, 6.07) is 0. The van der Waals surface area contributed by atoms with E-state index in [9.17, 15) is 4.79 Å². The Balaban J connectivity index is 2.22. The van der Waals surface area contributed by atoms with Gasteiger partial charge in [0.2, 0.25) is 0 Å². The van der Waals surface area contributed by atoms with Crippen molar-refractivity contribution in [3.63, 3.8) is 0 Å². The van der Waals surface area contributed by atoms with Crippen LogP contribution in [0.1, 0.15) is 65.7 Å². The zero-order valence-corrected chi connectivity index (χ0v) is 14.5. The van der Waals surface area contributed by atoms with Crippen molar-refractivity contribution in [1.82, 2.24) is 0 Å². The molecule has 2 fully saturated rings. The minimum Gasteiger partial charge on any atom is -0.392 e. The van der Waals surface area contributed by atoms with Gasteiger partial charge in [0.15, 0.2) is 0 Å². The number of rotatable bonds is 5. The van der Waals surface area contributed by atoms with Gasteiger partial charge in [0.05, 0.1) is 6.61 Å². The van der Waals surface area contributed by atoms with Crippen molar-refractivity contribution >= 4 is 6.29 Å². The predicted octanol–water partition coefficient (Wildman–Crippen LogP) is 4.68. The Morgan fingerprint density at radius 1 is 1.41 bits per heavy atom. The van der Waals surface area contributed by atoms with Crippen molar-refractivity contribution in [2.75, 3.05) is 6.61 Å². The second kappa shape index (κ2) is 6.70. The van der Waals surface area contributed by atoms with Crippen molar-refractivity contribution in [3.8, 4) is 0 Å². The fraction of sp³-hybridized carbons (Fsp3) is 0.750. The van der Waals surface area contributed by atoms with Crippen molar-refractivity contribution in [1.29, 1.82) is 0 Å². The molecule has 4 atom stereocenters. The topological polar surface area (TPSA) is 37.3 Å². The fourth-order valence-electron chi connectivity index (χ4n) is 5.30. The molecule has 0 saturated heterocycles. The third kappa shape index (κ3) is 3.08. The van der Waals surface area contributed by atoms with Crippen LogP contribution in [-0.2, 0) is 4.79 Å². The Morgan fingerprint density at radius 2 is 2.14 bits per heavy atom. The zero-order valence-electron chi connectivity index (χ0n) is 14.5. The summed E-state index contributed by atoms with van der Waals surface area (Å²) >= 11 is 0. The molecule has 2 nitrogen and oxygen atoms in total. The normalized spacial score (nSPS) is 39.5. The molecule has 1 N–H and O–H groups in total. The summed E-state index contributed by atoms with van der Waals surface area (Å²) in [5.41, 5.74) is 2.70. The molecule has 0 radical (unpaired) electrons. The van der Waals surface area contributed by atoms with E-state index in [1.54, 1.807) is 0 Å². The van der Waals surface area contributed by atoms with E-state index in [2.05, 4.69) is 27.4 Å². The molecule has 0 spiro atoms. The smallest absolute Gasteiger partial charge is 0.126 e. The van der Waals surface area contributed by atoms with Crippen LogP contribution in [0.3, 0.4) is 0 Å². The number of aliphatic hydroxyl groups is 1. The lowest BCUT2D eigenvalue weighted by Gasteiger charge is -2.57. The maximum Gasteiger partial charge on any atom is 0.126 e. The molecular formula is C20H32O2. The third-order valence-electron chi connectivity index (χ3n) is 6.60. The first-order valence-electron chi connectivity index (χ1n) is 8.78. The van der Waals surface area contributed by atoms with Crippen LogP contribution in [-0.4, -0.2) is 18.0 Å². The second-order valence-corrected chi connectivity index (χ2v) is 8.06. The molecule has 124 valence electrons. The standard InChI is InChI=1S/C20H32O2/c1-15(10-13-21)6-8-17-16(2)7-9-18-19(3,14-22)11-5-12-20(17,18)4/h10,14,17-18,21H,2,5-9,11-13H2,1,3-4H3/b15-10+/t17-,18-,19+,20+/m1/s1. The molecule has 2 rings (SSSR count). The molecule has 0 aliphatic heterocycles. The Bertz CT molecular complexity index is 464. The first-order chi connectivity index (χ1) is 10.4. The van der Waals surface area contributed by atoms with Gasteiger partial charge in [-0.25, -0.2) is 0 Å². The number of carbonyl (C=O) groups is 1. The number of aldehydes is 1. The van der Waals surface area contributed by atoms with Gasteiger partial charge >= 0.3 is 0 Å². The van der Waals surface area contributed by atoms with Gasteiger partial charge in [-0.1, -0.05) is 44.1 Å². The summed E-state index contributed by atoms with van der Waals surface area (Å²) < 4.78 is 0. The quantitative estimate of drug-likeness (QED) is 0.591. The van der Waals surface area contributed by atoms with E-state index >= 15 is 0 Å². The lowest BCUT2D eigenvalue weighted by atomic mass is 9.47. The monoisotopic (exact) mass is 304 g/mol. The Hall–Kier alpha value is -0.890. The minimum atomic E-state index is -0.151. The molecule has 0 aromatic carbocycles. The molecule has 2 saturated carbocycles. The molecule has 2 aliphatic carbocycles. The molecule has 2 aliphatic rings. The number of aliphatic hydroxyl groups excluding tert-OH is 1. The van der Waals surface area contributed by atoms with E-state index < -0.39 is 0 Å². The van der Waals surface area contributed by atoms with Crippen LogP contribution in [0.4, 0.5) is 0 Å². The van der Waals surface area contributed by atoms with Gasteiger partial charge in [-0.05, 0) is 62.7 Å². The van der Waals surface area contributed by atoms with E-state index in [1.165, 1.54) is 23.9 Å². The molecule has 0 heterocycles. The summed E-state index contributed by atoms with van der Waals surface area (Å²) in [7, 11) is 0. The first-order valence-corrected chi connectivity index (χ1v) is 8.78.